The van der Waals surface area contributed by atoms with Gasteiger partial charge in [-0.3, -0.25) is 4.79 Å². The first-order valence-corrected chi connectivity index (χ1v) is 6.28. The first-order valence-electron chi connectivity index (χ1n) is 5.90. The molecule has 0 spiro atoms. The molecule has 1 aromatic heterocycles. The van der Waals surface area contributed by atoms with E-state index < -0.39 is 11.4 Å². The fourth-order valence-corrected chi connectivity index (χ4v) is 2.43. The van der Waals surface area contributed by atoms with Gasteiger partial charge in [-0.25, -0.2) is 0 Å². The van der Waals surface area contributed by atoms with Crippen molar-refractivity contribution in [3.8, 4) is 0 Å². The number of nitrogens with zero attached hydrogens (tertiary/aromatic N) is 1. The molecule has 1 aromatic carbocycles. The van der Waals surface area contributed by atoms with E-state index in [4.69, 9.17) is 11.6 Å². The summed E-state index contributed by atoms with van der Waals surface area (Å²) in [5.74, 6) is -0.849. The number of benzene rings is 1. The Morgan fingerprint density at radius 2 is 2.11 bits per heavy atom. The second-order valence-corrected chi connectivity index (χ2v) is 5.30. The Morgan fingerprint density at radius 1 is 1.44 bits per heavy atom. The third kappa shape index (κ3) is 1.79. The molecule has 0 amide bonds. The maximum Gasteiger partial charge on any atom is 0.313 e. The molecule has 4 heteroatoms. The van der Waals surface area contributed by atoms with Crippen molar-refractivity contribution in [1.29, 1.82) is 0 Å². The molecule has 0 aliphatic rings. The third-order valence-corrected chi connectivity index (χ3v) is 3.72. The van der Waals surface area contributed by atoms with Crippen molar-refractivity contribution >= 4 is 28.5 Å². The zero-order chi connectivity index (χ0) is 13.5. The summed E-state index contributed by atoms with van der Waals surface area (Å²) in [4.78, 5) is 11.4. The van der Waals surface area contributed by atoms with E-state index in [2.05, 4.69) is 0 Å². The molecule has 18 heavy (non-hydrogen) atoms. The van der Waals surface area contributed by atoms with E-state index in [9.17, 15) is 9.90 Å². The van der Waals surface area contributed by atoms with E-state index in [0.717, 1.165) is 23.0 Å². The first kappa shape index (κ1) is 13.0. The topological polar surface area (TPSA) is 42.2 Å². The standard InChI is InChI=1S/C14H16ClNO2/c1-4-16-8-9(14(2,3)13(17)18)12-10(15)6-5-7-11(12)16/h5-8H,4H2,1-3H3,(H,17,18). The highest BCUT2D eigenvalue weighted by Crippen LogP contribution is 2.36. The van der Waals surface area contributed by atoms with Gasteiger partial charge in [-0.1, -0.05) is 17.7 Å². The van der Waals surface area contributed by atoms with Gasteiger partial charge in [-0.15, -0.1) is 0 Å². The molecule has 3 nitrogen and oxygen atoms in total. The maximum atomic E-state index is 11.4. The first-order chi connectivity index (χ1) is 8.39. The number of carbonyl (C=O) groups is 1. The zero-order valence-corrected chi connectivity index (χ0v) is 11.5. The number of carboxylic acids is 1. The highest BCUT2D eigenvalue weighted by molar-refractivity contribution is 6.35. The van der Waals surface area contributed by atoms with Crippen molar-refractivity contribution < 1.29 is 9.90 Å². The summed E-state index contributed by atoms with van der Waals surface area (Å²) in [5.41, 5.74) is 0.788. The lowest BCUT2D eigenvalue weighted by atomic mass is 9.84. The van der Waals surface area contributed by atoms with Gasteiger partial charge in [0.1, 0.15) is 0 Å². The predicted octanol–water partition coefficient (Wildman–Crippen LogP) is 3.68. The minimum atomic E-state index is -0.955. The molecule has 0 radical (unpaired) electrons. The van der Waals surface area contributed by atoms with Crippen LogP contribution in [0.15, 0.2) is 24.4 Å². The number of fused-ring (bicyclic) bond motifs is 1. The molecule has 0 saturated carbocycles. The van der Waals surface area contributed by atoms with Gasteiger partial charge in [0.25, 0.3) is 0 Å². The van der Waals surface area contributed by atoms with Gasteiger partial charge < -0.3 is 9.67 Å². The van der Waals surface area contributed by atoms with Gasteiger partial charge in [0.05, 0.1) is 10.4 Å². The number of aryl methyl sites for hydroxylation is 1. The molecular weight excluding hydrogens is 250 g/mol. The van der Waals surface area contributed by atoms with Crippen LogP contribution in [-0.4, -0.2) is 15.6 Å². The van der Waals surface area contributed by atoms with Crippen molar-refractivity contribution in [2.75, 3.05) is 0 Å². The lowest BCUT2D eigenvalue weighted by Crippen LogP contribution is -2.28. The molecule has 0 bridgehead atoms. The molecule has 0 atom stereocenters. The van der Waals surface area contributed by atoms with E-state index in [-0.39, 0.29) is 0 Å². The highest BCUT2D eigenvalue weighted by atomic mass is 35.5. The van der Waals surface area contributed by atoms with Crippen LogP contribution in [0.1, 0.15) is 26.3 Å². The van der Waals surface area contributed by atoms with Crippen LogP contribution >= 0.6 is 11.6 Å². The Balaban J connectivity index is 2.84. The van der Waals surface area contributed by atoms with Gasteiger partial charge in [0, 0.05) is 23.6 Å². The van der Waals surface area contributed by atoms with Crippen LogP contribution in [0.3, 0.4) is 0 Å². The van der Waals surface area contributed by atoms with Crippen molar-refractivity contribution in [3.05, 3.63) is 35.0 Å². The minimum absolute atomic E-state index is 0.601. The van der Waals surface area contributed by atoms with Crippen molar-refractivity contribution in [3.63, 3.8) is 0 Å². The third-order valence-electron chi connectivity index (χ3n) is 3.40. The second-order valence-electron chi connectivity index (χ2n) is 4.89. The fraction of sp³-hybridized carbons (Fsp3) is 0.357. The molecule has 2 aromatic rings. The number of aromatic nitrogens is 1. The summed E-state index contributed by atoms with van der Waals surface area (Å²) >= 11 is 6.24. The Kier molecular flexibility index (Phi) is 3.11. The lowest BCUT2D eigenvalue weighted by molar-refractivity contribution is -0.142. The predicted molar refractivity (Wildman–Crippen MR) is 73.3 cm³/mol. The quantitative estimate of drug-likeness (QED) is 0.920. The molecule has 1 N–H and O–H groups in total. The monoisotopic (exact) mass is 265 g/mol. The van der Waals surface area contributed by atoms with Crippen LogP contribution < -0.4 is 0 Å². The normalized spacial score (nSPS) is 12.0. The van der Waals surface area contributed by atoms with Gasteiger partial charge in [-0.2, -0.15) is 0 Å². The largest absolute Gasteiger partial charge is 0.481 e. The Bertz CT molecular complexity index is 614. The molecule has 0 aliphatic heterocycles. The maximum absolute atomic E-state index is 11.4. The zero-order valence-electron chi connectivity index (χ0n) is 10.7. The van der Waals surface area contributed by atoms with E-state index in [1.165, 1.54) is 0 Å². The summed E-state index contributed by atoms with van der Waals surface area (Å²) in [6, 6.07) is 5.64. The number of aliphatic carboxylic acids is 1. The van der Waals surface area contributed by atoms with Crippen LogP contribution in [0.4, 0.5) is 0 Å². The molecule has 0 fully saturated rings. The number of rotatable bonds is 3. The number of hydrogen-bond donors (Lipinski definition) is 1. The smallest absolute Gasteiger partial charge is 0.313 e. The van der Waals surface area contributed by atoms with Crippen LogP contribution in [0.5, 0.6) is 0 Å². The minimum Gasteiger partial charge on any atom is -0.481 e. The van der Waals surface area contributed by atoms with E-state index in [1.807, 2.05) is 29.8 Å². The SMILES string of the molecule is CCn1cc(C(C)(C)C(=O)O)c2c(Cl)cccc21. The Morgan fingerprint density at radius 3 is 2.67 bits per heavy atom. The van der Waals surface area contributed by atoms with Crippen molar-refractivity contribution in [2.45, 2.75) is 32.7 Å². The van der Waals surface area contributed by atoms with Crippen LogP contribution in [0, 0.1) is 0 Å². The van der Waals surface area contributed by atoms with Crippen LogP contribution in [-0.2, 0) is 16.8 Å². The van der Waals surface area contributed by atoms with Crippen LogP contribution in [0.2, 0.25) is 5.02 Å². The molecule has 0 unspecified atom stereocenters. The summed E-state index contributed by atoms with van der Waals surface area (Å²) in [6.45, 7) is 6.21. The van der Waals surface area contributed by atoms with Crippen LogP contribution in [0.25, 0.3) is 10.9 Å². The highest BCUT2D eigenvalue weighted by Gasteiger charge is 2.33. The summed E-state index contributed by atoms with van der Waals surface area (Å²) in [7, 11) is 0. The van der Waals surface area contributed by atoms with Gasteiger partial charge in [-0.05, 0) is 38.5 Å². The van der Waals surface area contributed by atoms with Gasteiger partial charge >= 0.3 is 5.97 Å². The second kappa shape index (κ2) is 4.32. The molecule has 0 aliphatic carbocycles. The van der Waals surface area contributed by atoms with E-state index in [1.54, 1.807) is 19.9 Å². The number of hydrogen-bond acceptors (Lipinski definition) is 1. The molecule has 96 valence electrons. The average molecular weight is 266 g/mol. The molecule has 0 saturated heterocycles. The number of carboxylic acid groups (broad SMARTS) is 1. The lowest BCUT2D eigenvalue weighted by Gasteiger charge is -2.18. The van der Waals surface area contributed by atoms with E-state index >= 15 is 0 Å². The molecule has 1 heterocycles. The van der Waals surface area contributed by atoms with Gasteiger partial charge in [0.15, 0.2) is 0 Å². The van der Waals surface area contributed by atoms with Crippen molar-refractivity contribution in [1.82, 2.24) is 4.57 Å². The summed E-state index contributed by atoms with van der Waals surface area (Å²) in [6.07, 6.45) is 1.89. The van der Waals surface area contributed by atoms with E-state index in [0.29, 0.717) is 5.02 Å². The fourth-order valence-electron chi connectivity index (χ4n) is 2.16. The molecule has 2 rings (SSSR count). The Labute approximate surface area is 111 Å². The summed E-state index contributed by atoms with van der Waals surface area (Å²) in [5, 5.41) is 10.8. The number of halogens is 1. The Hall–Kier alpha value is -1.48. The summed E-state index contributed by atoms with van der Waals surface area (Å²) < 4.78 is 2.03. The molecular formula is C14H16ClNO2. The van der Waals surface area contributed by atoms with Crippen molar-refractivity contribution in [2.24, 2.45) is 0 Å². The average Bonchev–Trinajstić information content (AvgIpc) is 2.69. The van der Waals surface area contributed by atoms with Gasteiger partial charge in [0.2, 0.25) is 0 Å².